The molecule has 0 spiro atoms. The van der Waals surface area contributed by atoms with Gasteiger partial charge in [-0.3, -0.25) is 19.7 Å². The minimum absolute atomic E-state index is 0.0826. The molecule has 1 atom stereocenters. The van der Waals surface area contributed by atoms with E-state index in [0.717, 1.165) is 55.6 Å². The molecule has 2 aromatic rings. The van der Waals surface area contributed by atoms with Gasteiger partial charge in [0, 0.05) is 29.6 Å². The van der Waals surface area contributed by atoms with Gasteiger partial charge in [0.25, 0.3) is 17.5 Å². The van der Waals surface area contributed by atoms with E-state index in [-0.39, 0.29) is 16.7 Å². The number of nitro benzene ring substituents is 1. The number of fused-ring (bicyclic) bond motifs is 1. The molecule has 0 unspecified atom stereocenters. The molecule has 35 heavy (non-hydrogen) atoms. The summed E-state index contributed by atoms with van der Waals surface area (Å²) >= 11 is 1.39. The highest BCUT2D eigenvalue weighted by molar-refractivity contribution is 7.17. The highest BCUT2D eigenvalue weighted by Gasteiger charge is 2.34. The van der Waals surface area contributed by atoms with Crippen molar-refractivity contribution in [1.29, 1.82) is 0 Å². The molecule has 1 aromatic heterocycles. The molecule has 0 bridgehead atoms. The standard InChI is InChI=1S/C26H34N4O4S/c1-15-9-11-29(12-10-15)19-8-5-16(13-20(19)30(33)34)24(32)28-25-22(23(27)31)18-7-6-17(26(2,3)4)14-21(18)35-25/h5,8,13,15,17H,6-7,9-12,14H2,1-4H3,(H2,27,31)(H,28,32)/t17-/m1/s1. The summed E-state index contributed by atoms with van der Waals surface area (Å²) in [4.78, 5) is 40.0. The normalized spacial score (nSPS) is 18.7. The van der Waals surface area contributed by atoms with Gasteiger partial charge in [-0.1, -0.05) is 27.7 Å². The van der Waals surface area contributed by atoms with E-state index in [0.29, 0.717) is 28.1 Å². The van der Waals surface area contributed by atoms with Crippen LogP contribution in [0.5, 0.6) is 0 Å². The van der Waals surface area contributed by atoms with Crippen LogP contribution in [-0.2, 0) is 12.8 Å². The van der Waals surface area contributed by atoms with Gasteiger partial charge in [-0.15, -0.1) is 11.3 Å². The van der Waals surface area contributed by atoms with E-state index in [9.17, 15) is 19.7 Å². The topological polar surface area (TPSA) is 119 Å². The quantitative estimate of drug-likeness (QED) is 0.423. The predicted molar refractivity (Wildman–Crippen MR) is 139 cm³/mol. The third kappa shape index (κ3) is 5.19. The second-order valence-electron chi connectivity index (χ2n) is 11.0. The summed E-state index contributed by atoms with van der Waals surface area (Å²) in [5, 5.41) is 15.1. The molecular weight excluding hydrogens is 464 g/mol. The van der Waals surface area contributed by atoms with Crippen molar-refractivity contribution < 1.29 is 14.5 Å². The zero-order valence-electron chi connectivity index (χ0n) is 20.8. The molecule has 9 heteroatoms. The molecular formula is C26H34N4O4S. The van der Waals surface area contributed by atoms with Crippen LogP contribution >= 0.6 is 11.3 Å². The van der Waals surface area contributed by atoms with Crippen molar-refractivity contribution in [3.63, 3.8) is 0 Å². The van der Waals surface area contributed by atoms with Crippen LogP contribution in [0.15, 0.2) is 18.2 Å². The number of carbonyl (C=O) groups excluding carboxylic acids is 2. The van der Waals surface area contributed by atoms with Gasteiger partial charge in [0.2, 0.25) is 0 Å². The van der Waals surface area contributed by atoms with E-state index in [1.54, 1.807) is 12.1 Å². The fourth-order valence-corrected chi connectivity index (χ4v) is 6.50. The van der Waals surface area contributed by atoms with Crippen LogP contribution < -0.4 is 16.0 Å². The Morgan fingerprint density at radius 2 is 1.89 bits per heavy atom. The first-order valence-electron chi connectivity index (χ1n) is 12.2. The van der Waals surface area contributed by atoms with E-state index < -0.39 is 16.7 Å². The average molecular weight is 499 g/mol. The number of nitro groups is 1. The molecule has 0 saturated carbocycles. The van der Waals surface area contributed by atoms with E-state index in [1.165, 1.54) is 17.4 Å². The molecule has 1 aliphatic carbocycles. The van der Waals surface area contributed by atoms with E-state index in [2.05, 4.69) is 33.0 Å². The van der Waals surface area contributed by atoms with Crippen molar-refractivity contribution in [2.24, 2.45) is 23.0 Å². The number of carbonyl (C=O) groups is 2. The third-order valence-electron chi connectivity index (χ3n) is 7.52. The van der Waals surface area contributed by atoms with Gasteiger partial charge in [-0.2, -0.15) is 0 Å². The zero-order valence-corrected chi connectivity index (χ0v) is 21.7. The Bertz CT molecular complexity index is 1160. The summed E-state index contributed by atoms with van der Waals surface area (Å²) in [7, 11) is 0. The molecule has 1 fully saturated rings. The van der Waals surface area contributed by atoms with Gasteiger partial charge in [0.1, 0.15) is 10.7 Å². The zero-order chi connectivity index (χ0) is 25.5. The highest BCUT2D eigenvalue weighted by Crippen LogP contribution is 2.44. The molecule has 2 aliphatic rings. The third-order valence-corrected chi connectivity index (χ3v) is 8.69. The minimum Gasteiger partial charge on any atom is -0.366 e. The van der Waals surface area contributed by atoms with Crippen molar-refractivity contribution in [1.82, 2.24) is 0 Å². The Balaban J connectivity index is 1.60. The monoisotopic (exact) mass is 498 g/mol. The van der Waals surface area contributed by atoms with Crippen LogP contribution in [0.3, 0.4) is 0 Å². The lowest BCUT2D eigenvalue weighted by atomic mass is 9.72. The molecule has 1 aliphatic heterocycles. The number of thiophene rings is 1. The minimum atomic E-state index is -0.562. The molecule has 2 heterocycles. The summed E-state index contributed by atoms with van der Waals surface area (Å²) in [5.74, 6) is 0.0315. The van der Waals surface area contributed by atoms with Gasteiger partial charge in [-0.25, -0.2) is 0 Å². The summed E-state index contributed by atoms with van der Waals surface area (Å²) < 4.78 is 0. The molecule has 0 radical (unpaired) electrons. The van der Waals surface area contributed by atoms with Gasteiger partial charge in [-0.05, 0) is 67.1 Å². The average Bonchev–Trinajstić information content (AvgIpc) is 3.15. The van der Waals surface area contributed by atoms with Crippen molar-refractivity contribution in [3.05, 3.63) is 49.9 Å². The first kappa shape index (κ1) is 25.2. The maximum atomic E-state index is 13.1. The van der Waals surface area contributed by atoms with Crippen LogP contribution in [-0.4, -0.2) is 29.8 Å². The Kier molecular flexibility index (Phi) is 6.90. The number of anilines is 2. The molecule has 1 aromatic carbocycles. The maximum Gasteiger partial charge on any atom is 0.293 e. The van der Waals surface area contributed by atoms with E-state index in [1.807, 2.05) is 4.90 Å². The SMILES string of the molecule is CC1CCN(c2ccc(C(=O)Nc3sc4c(c3C(N)=O)CC[C@@H](C(C)(C)C)C4)cc2[N+](=O)[O-])CC1. The van der Waals surface area contributed by atoms with E-state index in [4.69, 9.17) is 5.73 Å². The van der Waals surface area contributed by atoms with Crippen LogP contribution in [0, 0.1) is 27.4 Å². The number of piperidine rings is 1. The van der Waals surface area contributed by atoms with Gasteiger partial charge in [0.15, 0.2) is 0 Å². The maximum absolute atomic E-state index is 13.1. The first-order valence-corrected chi connectivity index (χ1v) is 13.1. The number of benzene rings is 1. The fraction of sp³-hybridized carbons (Fsp3) is 0.538. The number of amides is 2. The number of primary amides is 1. The number of hydrogen-bond donors (Lipinski definition) is 2. The van der Waals surface area contributed by atoms with Gasteiger partial charge < -0.3 is 16.0 Å². The molecule has 3 N–H and O–H groups in total. The van der Waals surface area contributed by atoms with Gasteiger partial charge >= 0.3 is 0 Å². The molecule has 4 rings (SSSR count). The number of hydrogen-bond acceptors (Lipinski definition) is 6. The summed E-state index contributed by atoms with van der Waals surface area (Å²) in [5.41, 5.74) is 7.80. The first-order chi connectivity index (χ1) is 16.5. The van der Waals surface area contributed by atoms with Crippen molar-refractivity contribution in [3.8, 4) is 0 Å². The van der Waals surface area contributed by atoms with E-state index >= 15 is 0 Å². The summed E-state index contributed by atoms with van der Waals surface area (Å²) in [6, 6.07) is 4.60. The molecule has 188 valence electrons. The van der Waals surface area contributed by atoms with Crippen molar-refractivity contribution >= 4 is 39.5 Å². The van der Waals surface area contributed by atoms with Crippen LogP contribution in [0.2, 0.25) is 0 Å². The number of nitrogens with zero attached hydrogens (tertiary/aromatic N) is 2. The summed E-state index contributed by atoms with van der Waals surface area (Å²) in [6.45, 7) is 10.3. The number of nitrogens with two attached hydrogens (primary N) is 1. The van der Waals surface area contributed by atoms with Crippen molar-refractivity contribution in [2.45, 2.75) is 59.8 Å². The molecule has 1 saturated heterocycles. The van der Waals surface area contributed by atoms with Crippen LogP contribution in [0.4, 0.5) is 16.4 Å². The smallest absolute Gasteiger partial charge is 0.293 e. The molecule has 8 nitrogen and oxygen atoms in total. The summed E-state index contributed by atoms with van der Waals surface area (Å²) in [6.07, 6.45) is 4.51. The van der Waals surface area contributed by atoms with Crippen molar-refractivity contribution in [2.75, 3.05) is 23.3 Å². The molecule has 2 amide bonds. The second-order valence-corrected chi connectivity index (χ2v) is 12.1. The lowest BCUT2D eigenvalue weighted by molar-refractivity contribution is -0.384. The number of nitrogens with one attached hydrogen (secondary N) is 1. The highest BCUT2D eigenvalue weighted by atomic mass is 32.1. The Morgan fingerprint density at radius 3 is 2.49 bits per heavy atom. The number of rotatable bonds is 5. The fourth-order valence-electron chi connectivity index (χ4n) is 5.18. The Hall–Kier alpha value is -2.94. The van der Waals surface area contributed by atoms with Crippen LogP contribution in [0.1, 0.15) is 78.1 Å². The van der Waals surface area contributed by atoms with Gasteiger partial charge in [0.05, 0.1) is 10.5 Å². The lowest BCUT2D eigenvalue weighted by Crippen LogP contribution is -2.33. The Morgan fingerprint density at radius 1 is 1.20 bits per heavy atom. The predicted octanol–water partition coefficient (Wildman–Crippen LogP) is 5.39. The van der Waals surface area contributed by atoms with Crippen LogP contribution in [0.25, 0.3) is 0 Å². The largest absolute Gasteiger partial charge is 0.366 e. The second kappa shape index (κ2) is 9.60. The lowest BCUT2D eigenvalue weighted by Gasteiger charge is -2.33. The Labute approximate surface area is 210 Å².